The summed E-state index contributed by atoms with van der Waals surface area (Å²) in [5.74, 6) is 0. The van der Waals surface area contributed by atoms with Gasteiger partial charge in [-0.15, -0.1) is 4.83 Å². The number of nitrogens with zero attached hydrogens (tertiary/aromatic N) is 1. The van der Waals surface area contributed by atoms with Crippen molar-refractivity contribution in [1.82, 2.24) is 9.84 Å². The van der Waals surface area contributed by atoms with Gasteiger partial charge < -0.3 is 0 Å². The summed E-state index contributed by atoms with van der Waals surface area (Å²) in [5, 5.41) is 1.93. The third-order valence-electron chi connectivity index (χ3n) is 4.47. The number of hydrogen-bond acceptors (Lipinski definition) is 3. The topological polar surface area (TPSA) is 49.2 Å². The lowest BCUT2D eigenvalue weighted by Crippen LogP contribution is -2.33. The molecular formula is C14H20N2O2S. The zero-order chi connectivity index (χ0) is 13.7. The second kappa shape index (κ2) is 4.30. The van der Waals surface area contributed by atoms with Crippen LogP contribution in [0.3, 0.4) is 0 Å². The van der Waals surface area contributed by atoms with Gasteiger partial charge in [-0.05, 0) is 38.8 Å². The average Bonchev–Trinajstić information content (AvgIpc) is 2.94. The monoisotopic (exact) mass is 280 g/mol. The van der Waals surface area contributed by atoms with Crippen LogP contribution in [0.1, 0.15) is 38.2 Å². The molecule has 1 aliphatic carbocycles. The SMILES string of the molecule is Cc1ccc(S(=O)(=O)NN2C3CCCCC32C)cc1. The number of hydrazine groups is 1. The third kappa shape index (κ3) is 2.20. The molecule has 0 radical (unpaired) electrons. The lowest BCUT2D eigenvalue weighted by atomic mass is 9.91. The van der Waals surface area contributed by atoms with E-state index >= 15 is 0 Å². The number of nitrogens with one attached hydrogen (secondary N) is 1. The summed E-state index contributed by atoms with van der Waals surface area (Å²) < 4.78 is 24.7. The normalized spacial score (nSPS) is 33.8. The van der Waals surface area contributed by atoms with Gasteiger partial charge in [-0.2, -0.15) is 0 Å². The summed E-state index contributed by atoms with van der Waals surface area (Å²) in [4.78, 5) is 3.09. The van der Waals surface area contributed by atoms with Crippen LogP contribution in [-0.2, 0) is 10.0 Å². The Morgan fingerprint density at radius 3 is 2.53 bits per heavy atom. The second-order valence-electron chi connectivity index (χ2n) is 5.90. The molecule has 1 aromatic carbocycles. The molecule has 1 saturated heterocycles. The Labute approximate surface area is 114 Å². The summed E-state index contributed by atoms with van der Waals surface area (Å²) in [5.41, 5.74) is 1.10. The number of hydrogen-bond donors (Lipinski definition) is 1. The first-order valence-corrected chi connectivity index (χ1v) is 8.30. The number of rotatable bonds is 3. The molecule has 5 heteroatoms. The molecule has 1 N–H and O–H groups in total. The Morgan fingerprint density at radius 1 is 1.26 bits per heavy atom. The van der Waals surface area contributed by atoms with Crippen molar-refractivity contribution in [1.29, 1.82) is 0 Å². The third-order valence-corrected chi connectivity index (χ3v) is 5.80. The zero-order valence-electron chi connectivity index (χ0n) is 11.4. The van der Waals surface area contributed by atoms with Crippen LogP contribution in [0.25, 0.3) is 0 Å². The Kier molecular flexibility index (Phi) is 2.96. The molecular weight excluding hydrogens is 260 g/mol. The van der Waals surface area contributed by atoms with Crippen molar-refractivity contribution in [3.8, 4) is 0 Å². The first kappa shape index (κ1) is 13.1. The second-order valence-corrected chi connectivity index (χ2v) is 7.56. The first-order valence-electron chi connectivity index (χ1n) is 6.82. The van der Waals surface area contributed by atoms with Crippen molar-refractivity contribution < 1.29 is 8.42 Å². The van der Waals surface area contributed by atoms with Gasteiger partial charge in [0.25, 0.3) is 10.0 Å². The van der Waals surface area contributed by atoms with E-state index in [4.69, 9.17) is 0 Å². The van der Waals surface area contributed by atoms with Crippen molar-refractivity contribution in [2.75, 3.05) is 0 Å². The molecule has 0 spiro atoms. The van der Waals surface area contributed by atoms with Gasteiger partial charge in [0, 0.05) is 6.04 Å². The van der Waals surface area contributed by atoms with E-state index in [1.165, 1.54) is 12.8 Å². The van der Waals surface area contributed by atoms with E-state index < -0.39 is 10.0 Å². The summed E-state index contributed by atoms with van der Waals surface area (Å²) in [6, 6.07) is 7.35. The summed E-state index contributed by atoms with van der Waals surface area (Å²) >= 11 is 0. The number of fused-ring (bicyclic) bond motifs is 1. The van der Waals surface area contributed by atoms with E-state index in [0.717, 1.165) is 18.4 Å². The predicted octanol–water partition coefficient (Wildman–Crippen LogP) is 2.21. The molecule has 2 fully saturated rings. The minimum Gasteiger partial charge on any atom is -0.218 e. The Morgan fingerprint density at radius 2 is 1.95 bits per heavy atom. The van der Waals surface area contributed by atoms with Gasteiger partial charge in [0.1, 0.15) is 0 Å². The fraction of sp³-hybridized carbons (Fsp3) is 0.571. The Balaban J connectivity index is 1.78. The molecule has 3 atom stereocenters. The number of benzene rings is 1. The molecule has 1 aromatic rings. The molecule has 3 unspecified atom stereocenters. The molecule has 104 valence electrons. The zero-order valence-corrected chi connectivity index (χ0v) is 12.2. The van der Waals surface area contributed by atoms with Crippen LogP contribution in [0.2, 0.25) is 0 Å². The van der Waals surface area contributed by atoms with Crippen LogP contribution in [0, 0.1) is 6.92 Å². The number of sulfonamides is 1. The maximum absolute atomic E-state index is 12.3. The number of aryl methyl sites for hydroxylation is 1. The molecule has 2 aliphatic rings. The van der Waals surface area contributed by atoms with Gasteiger partial charge >= 0.3 is 0 Å². The fourth-order valence-corrected chi connectivity index (χ4v) is 4.31. The maximum Gasteiger partial charge on any atom is 0.253 e. The summed E-state index contributed by atoms with van der Waals surface area (Å²) in [6.45, 7) is 4.10. The lowest BCUT2D eigenvalue weighted by molar-refractivity contribution is 0.368. The highest BCUT2D eigenvalue weighted by molar-refractivity contribution is 7.89. The van der Waals surface area contributed by atoms with E-state index in [-0.39, 0.29) is 5.54 Å². The van der Waals surface area contributed by atoms with Gasteiger partial charge in [0.2, 0.25) is 0 Å². The van der Waals surface area contributed by atoms with Crippen molar-refractivity contribution in [2.24, 2.45) is 0 Å². The largest absolute Gasteiger partial charge is 0.253 e. The van der Waals surface area contributed by atoms with Crippen LogP contribution in [0.5, 0.6) is 0 Å². The fourth-order valence-electron chi connectivity index (χ4n) is 3.12. The van der Waals surface area contributed by atoms with Gasteiger partial charge in [-0.1, -0.05) is 30.5 Å². The standard InChI is InChI=1S/C14H20N2O2S/c1-11-6-8-12(9-7-11)19(17,18)15-16-13-5-3-4-10-14(13,16)2/h6-9,13,15H,3-5,10H2,1-2H3. The van der Waals surface area contributed by atoms with Crippen LogP contribution in [0.15, 0.2) is 29.2 Å². The van der Waals surface area contributed by atoms with E-state index in [1.54, 1.807) is 12.1 Å². The van der Waals surface area contributed by atoms with E-state index in [9.17, 15) is 8.42 Å². The Bertz CT molecular complexity index is 582. The van der Waals surface area contributed by atoms with Crippen LogP contribution < -0.4 is 4.83 Å². The van der Waals surface area contributed by atoms with Crippen molar-refractivity contribution in [2.45, 2.75) is 56.0 Å². The predicted molar refractivity (Wildman–Crippen MR) is 74.0 cm³/mol. The van der Waals surface area contributed by atoms with Crippen molar-refractivity contribution in [3.63, 3.8) is 0 Å². The summed E-state index contributed by atoms with van der Waals surface area (Å²) in [6.07, 6.45) is 4.56. The molecule has 0 amide bonds. The molecule has 1 aliphatic heterocycles. The quantitative estimate of drug-likeness (QED) is 0.864. The highest BCUT2D eigenvalue weighted by Crippen LogP contribution is 2.49. The highest BCUT2D eigenvalue weighted by Gasteiger charge is 2.61. The van der Waals surface area contributed by atoms with Gasteiger partial charge in [-0.25, -0.2) is 13.4 Å². The molecule has 19 heavy (non-hydrogen) atoms. The minimum absolute atomic E-state index is 0.0377. The first-order chi connectivity index (χ1) is 8.93. The average molecular weight is 280 g/mol. The summed E-state index contributed by atoms with van der Waals surface area (Å²) in [7, 11) is -3.43. The van der Waals surface area contributed by atoms with Crippen molar-refractivity contribution in [3.05, 3.63) is 29.8 Å². The van der Waals surface area contributed by atoms with E-state index in [1.807, 2.05) is 24.1 Å². The molecule has 1 saturated carbocycles. The van der Waals surface area contributed by atoms with Crippen LogP contribution >= 0.6 is 0 Å². The lowest BCUT2D eigenvalue weighted by Gasteiger charge is -2.14. The van der Waals surface area contributed by atoms with Gasteiger partial charge in [0.05, 0.1) is 10.4 Å². The maximum atomic E-state index is 12.3. The molecule has 0 aromatic heterocycles. The van der Waals surface area contributed by atoms with Crippen LogP contribution in [0.4, 0.5) is 0 Å². The van der Waals surface area contributed by atoms with Crippen LogP contribution in [-0.4, -0.2) is 25.0 Å². The van der Waals surface area contributed by atoms with Gasteiger partial charge in [0.15, 0.2) is 0 Å². The molecule has 0 bridgehead atoms. The molecule has 1 heterocycles. The molecule has 3 rings (SSSR count). The minimum atomic E-state index is -3.43. The molecule has 4 nitrogen and oxygen atoms in total. The Hall–Kier alpha value is -0.910. The van der Waals surface area contributed by atoms with E-state index in [0.29, 0.717) is 10.9 Å². The smallest absolute Gasteiger partial charge is 0.218 e. The van der Waals surface area contributed by atoms with Crippen molar-refractivity contribution >= 4 is 10.0 Å². The van der Waals surface area contributed by atoms with Gasteiger partial charge in [-0.3, -0.25) is 0 Å². The highest BCUT2D eigenvalue weighted by atomic mass is 32.2. The van der Waals surface area contributed by atoms with E-state index in [2.05, 4.69) is 11.8 Å².